The Balaban J connectivity index is 1.19. The van der Waals surface area contributed by atoms with Crippen LogP contribution in [0.3, 0.4) is 0 Å². The maximum absolute atomic E-state index is 14.3. The van der Waals surface area contributed by atoms with Crippen molar-refractivity contribution >= 4 is 41.3 Å². The van der Waals surface area contributed by atoms with E-state index in [-0.39, 0.29) is 30.5 Å². The highest BCUT2D eigenvalue weighted by Crippen LogP contribution is 2.51. The van der Waals surface area contributed by atoms with Gasteiger partial charge in [-0.3, -0.25) is 13.8 Å². The van der Waals surface area contributed by atoms with Crippen LogP contribution in [0.4, 0.5) is 4.79 Å². The Morgan fingerprint density at radius 1 is 0.791 bits per heavy atom. The van der Waals surface area contributed by atoms with E-state index in [1.807, 2.05) is 78.9 Å². The van der Waals surface area contributed by atoms with Crippen molar-refractivity contribution in [1.82, 2.24) is 5.32 Å². The van der Waals surface area contributed by atoms with Gasteiger partial charge >= 0.3 is 19.9 Å². The summed E-state index contributed by atoms with van der Waals surface area (Å²) in [4.78, 5) is 25.9. The van der Waals surface area contributed by atoms with Crippen molar-refractivity contribution in [3.63, 3.8) is 0 Å². The minimum atomic E-state index is -4.51. The molecule has 5 aromatic carbocycles. The highest BCUT2D eigenvalue weighted by molar-refractivity contribution is 7.91. The van der Waals surface area contributed by atoms with E-state index in [0.717, 1.165) is 29.4 Å². The molecule has 0 bridgehead atoms. The van der Waals surface area contributed by atoms with Gasteiger partial charge in [0.1, 0.15) is 47.8 Å². The molecule has 18 heteroatoms. The Morgan fingerprint density at radius 3 is 1.88 bits per heavy atom. The molecule has 0 aliphatic carbocycles. The Morgan fingerprint density at radius 2 is 1.34 bits per heavy atom. The number of rotatable bonds is 20. The van der Waals surface area contributed by atoms with Gasteiger partial charge < -0.3 is 38.3 Å². The average Bonchev–Trinajstić information content (AvgIpc) is 3.68. The zero-order valence-corrected chi connectivity index (χ0v) is 40.7. The highest BCUT2D eigenvalue weighted by atomic mass is 35.5. The molecule has 0 radical (unpaired) electrons. The minimum absolute atomic E-state index is 0.0101. The van der Waals surface area contributed by atoms with E-state index in [4.69, 9.17) is 53.6 Å². The van der Waals surface area contributed by atoms with Crippen LogP contribution in [0.15, 0.2) is 132 Å². The molecule has 1 heterocycles. The lowest BCUT2D eigenvalue weighted by molar-refractivity contribution is -0.157. The van der Waals surface area contributed by atoms with Crippen LogP contribution in [0.5, 0.6) is 17.2 Å². The second-order valence-corrected chi connectivity index (χ2v) is 20.8. The van der Waals surface area contributed by atoms with Gasteiger partial charge in [0, 0.05) is 12.1 Å². The number of alkyl carbamates (subject to hydrolysis) is 1. The summed E-state index contributed by atoms with van der Waals surface area (Å²) in [6.07, 6.45) is -4.41. The van der Waals surface area contributed by atoms with Crippen LogP contribution in [0, 0.1) is 5.41 Å². The summed E-state index contributed by atoms with van der Waals surface area (Å²) in [5, 5.41) is 2.98. The first-order chi connectivity index (χ1) is 31.9. The number of hydrogen-bond donors (Lipinski definition) is 1. The largest absolute Gasteiger partial charge is 0.530 e. The van der Waals surface area contributed by atoms with E-state index < -0.39 is 70.8 Å². The second kappa shape index (κ2) is 22.1. The molecule has 15 nitrogen and oxygen atoms in total. The molecular formula is C49H55ClNO14PS. The van der Waals surface area contributed by atoms with Gasteiger partial charge in [0.05, 0.1) is 49.5 Å². The van der Waals surface area contributed by atoms with E-state index in [9.17, 15) is 22.6 Å². The number of carbonyl (C=O) groups excluding carboxylic acids is 2. The number of methoxy groups -OCH3 is 2. The van der Waals surface area contributed by atoms with Crippen molar-refractivity contribution in [2.45, 2.75) is 69.2 Å². The highest BCUT2D eigenvalue weighted by Gasteiger charge is 2.47. The molecule has 1 aliphatic rings. The number of nitrogens with one attached hydrogen (secondary N) is 1. The maximum atomic E-state index is 14.3. The zero-order valence-electron chi connectivity index (χ0n) is 38.2. The van der Waals surface area contributed by atoms with Crippen molar-refractivity contribution in [2.24, 2.45) is 5.41 Å². The first-order valence-electron chi connectivity index (χ1n) is 21.2. The Kier molecular flexibility index (Phi) is 16.8. The van der Waals surface area contributed by atoms with Gasteiger partial charge in [0.25, 0.3) is 0 Å². The standard InChI is InChI=1S/C49H55ClNO14PS/c1-33(32-67(55,56)42-27-19-38(50)20-28-42)63-47(53)51-43-30-60-44(31-61-46(52)48(2,3)4)45(43)65-66(54,59-7)64-41-21-13-34(14-22-41)29-62-49(35-11-9-8-10-12-35,36-15-23-39(57-5)24-16-36)37-17-25-40(58-6)26-18-37/h8-28,33,43-45H,29-32H2,1-7H3,(H,51,53)/t33?,43?,44-,45-,66?/m1/s1. The molecule has 3 unspecified atom stereocenters. The molecule has 67 heavy (non-hydrogen) atoms. The molecule has 5 atom stereocenters. The lowest BCUT2D eigenvalue weighted by Crippen LogP contribution is -2.47. The lowest BCUT2D eigenvalue weighted by atomic mass is 9.80. The molecule has 1 fully saturated rings. The van der Waals surface area contributed by atoms with E-state index in [2.05, 4.69) is 5.32 Å². The third kappa shape index (κ3) is 13.0. The van der Waals surface area contributed by atoms with Gasteiger partial charge in [-0.2, -0.15) is 0 Å². The number of sulfone groups is 1. The molecule has 6 rings (SSSR count). The summed E-state index contributed by atoms with van der Waals surface area (Å²) in [5.74, 6) is 0.432. The SMILES string of the molecule is COc1ccc(C(OCc2ccc(OP(=O)(OC)O[C@@H]3C(NC(=O)OC(C)CS(=O)(=O)c4ccc(Cl)cc4)CO[C@@H]3COC(=O)C(C)(C)C)cc2)(c2ccccc2)c2ccc(OC)cc2)cc1. The van der Waals surface area contributed by atoms with Crippen LogP contribution >= 0.6 is 19.4 Å². The van der Waals surface area contributed by atoms with Crippen molar-refractivity contribution in [1.29, 1.82) is 0 Å². The fraction of sp³-hybridized carbons (Fsp3) is 0.347. The number of phosphoric ester groups is 1. The molecule has 1 amide bonds. The van der Waals surface area contributed by atoms with Crippen molar-refractivity contribution in [3.8, 4) is 17.2 Å². The van der Waals surface area contributed by atoms with Crippen LogP contribution in [0.1, 0.15) is 49.9 Å². The van der Waals surface area contributed by atoms with Gasteiger partial charge in [-0.15, -0.1) is 0 Å². The van der Waals surface area contributed by atoms with Crippen molar-refractivity contribution in [3.05, 3.63) is 155 Å². The molecule has 0 saturated carbocycles. The molecule has 0 spiro atoms. The van der Waals surface area contributed by atoms with Crippen LogP contribution < -0.4 is 19.3 Å². The molecule has 1 N–H and O–H groups in total. The second-order valence-electron chi connectivity index (χ2n) is 16.7. The molecule has 358 valence electrons. The number of ether oxygens (including phenoxy) is 6. The summed E-state index contributed by atoms with van der Waals surface area (Å²) in [6.45, 7) is 6.06. The van der Waals surface area contributed by atoms with Crippen LogP contribution in [0.2, 0.25) is 5.02 Å². The van der Waals surface area contributed by atoms with Crippen LogP contribution in [-0.2, 0) is 59.4 Å². The fourth-order valence-electron chi connectivity index (χ4n) is 7.20. The number of esters is 1. The van der Waals surface area contributed by atoms with Crippen molar-refractivity contribution in [2.75, 3.05) is 40.3 Å². The number of halogens is 1. The Labute approximate surface area is 396 Å². The van der Waals surface area contributed by atoms with Gasteiger partial charge in [-0.25, -0.2) is 17.8 Å². The summed E-state index contributed by atoms with van der Waals surface area (Å²) in [6, 6.07) is 36.4. The predicted octanol–water partition coefficient (Wildman–Crippen LogP) is 9.33. The van der Waals surface area contributed by atoms with E-state index in [1.165, 1.54) is 31.2 Å². The number of hydrogen-bond acceptors (Lipinski definition) is 14. The third-order valence-corrected chi connectivity index (χ3v) is 14.3. The molecule has 1 aliphatic heterocycles. The van der Waals surface area contributed by atoms with Gasteiger partial charge in [-0.1, -0.05) is 78.3 Å². The van der Waals surface area contributed by atoms with Gasteiger partial charge in [-0.05, 0) is 111 Å². The van der Waals surface area contributed by atoms with E-state index in [1.54, 1.807) is 59.3 Å². The predicted molar refractivity (Wildman–Crippen MR) is 250 cm³/mol. The lowest BCUT2D eigenvalue weighted by Gasteiger charge is -2.36. The average molecular weight is 980 g/mol. The number of benzene rings is 5. The smallest absolute Gasteiger partial charge is 0.497 e. The normalized spacial score (nSPS) is 17.7. The number of phosphoric acid groups is 1. The van der Waals surface area contributed by atoms with Crippen molar-refractivity contribution < 1.29 is 64.6 Å². The molecular weight excluding hydrogens is 925 g/mol. The Bertz CT molecular complexity index is 2530. The molecule has 1 saturated heterocycles. The third-order valence-electron chi connectivity index (χ3n) is 10.7. The summed E-state index contributed by atoms with van der Waals surface area (Å²) in [7, 11) is -4.01. The topological polar surface area (TPSA) is 180 Å². The van der Waals surface area contributed by atoms with E-state index >= 15 is 0 Å². The van der Waals surface area contributed by atoms with Gasteiger partial charge in [0.15, 0.2) is 9.84 Å². The zero-order chi connectivity index (χ0) is 48.4. The van der Waals surface area contributed by atoms with E-state index in [0.29, 0.717) is 16.5 Å². The Hall–Kier alpha value is -5.45. The monoisotopic (exact) mass is 979 g/mol. The molecule has 5 aromatic rings. The van der Waals surface area contributed by atoms with Crippen LogP contribution in [-0.4, -0.2) is 85.1 Å². The number of carbonyl (C=O) groups is 2. The molecule has 0 aromatic heterocycles. The summed E-state index contributed by atoms with van der Waals surface area (Å²) in [5.41, 5.74) is 1.38. The quantitative estimate of drug-likeness (QED) is 0.0443. The fourth-order valence-corrected chi connectivity index (χ4v) is 9.92. The maximum Gasteiger partial charge on any atom is 0.530 e. The number of amides is 1. The summed E-state index contributed by atoms with van der Waals surface area (Å²) >= 11 is 5.91. The first kappa shape index (κ1) is 51.0. The minimum Gasteiger partial charge on any atom is -0.497 e. The first-order valence-corrected chi connectivity index (χ1v) is 24.7. The van der Waals surface area contributed by atoms with Crippen LogP contribution in [0.25, 0.3) is 0 Å². The summed E-state index contributed by atoms with van der Waals surface area (Å²) < 4.78 is 92.3. The van der Waals surface area contributed by atoms with Gasteiger partial charge in [0.2, 0.25) is 0 Å².